The van der Waals surface area contributed by atoms with Gasteiger partial charge in [-0.1, -0.05) is 23.2 Å². The maximum absolute atomic E-state index is 6.78. The van der Waals surface area contributed by atoms with Crippen molar-refractivity contribution in [2.24, 2.45) is 4.99 Å². The predicted molar refractivity (Wildman–Crippen MR) is 41.7 cm³/mol. The van der Waals surface area contributed by atoms with Crippen molar-refractivity contribution in [3.05, 3.63) is 11.8 Å². The molecule has 0 spiro atoms. The van der Waals surface area contributed by atoms with Crippen LogP contribution < -0.4 is 0 Å². The Hall–Kier alpha value is -0.340. The molecule has 0 heterocycles. The minimum Gasteiger partial charge on any atom is -0.289 e. The summed E-state index contributed by atoms with van der Waals surface area (Å²) < 4.78 is 0. The smallest absolute Gasteiger partial charge is 0.122 e. The van der Waals surface area contributed by atoms with E-state index in [1.807, 2.05) is 0 Å². The van der Waals surface area contributed by atoms with Crippen molar-refractivity contribution in [1.29, 1.82) is 5.41 Å². The Morgan fingerprint density at radius 3 is 2.56 bits per heavy atom. The number of rotatable bonds is 2. The van der Waals surface area contributed by atoms with Crippen LogP contribution in [0.15, 0.2) is 16.8 Å². The average molecular weight is 165 g/mol. The van der Waals surface area contributed by atoms with Gasteiger partial charge in [0, 0.05) is 5.70 Å². The zero-order valence-corrected chi connectivity index (χ0v) is 6.37. The molecule has 0 radical (unpaired) electrons. The minimum atomic E-state index is -0.0465. The van der Waals surface area contributed by atoms with E-state index in [0.717, 1.165) is 5.67 Å². The Labute approximate surface area is 63.7 Å². The molecule has 2 nitrogen and oxygen atoms in total. The highest BCUT2D eigenvalue weighted by Crippen LogP contribution is 1.95. The Balaban J connectivity index is 4.00. The van der Waals surface area contributed by atoms with Crippen molar-refractivity contribution < 1.29 is 0 Å². The molecule has 0 aromatic heterocycles. The van der Waals surface area contributed by atoms with Gasteiger partial charge < -0.3 is 0 Å². The van der Waals surface area contributed by atoms with E-state index in [-0.39, 0.29) is 5.17 Å². The van der Waals surface area contributed by atoms with Crippen LogP contribution in [0.3, 0.4) is 0 Å². The second kappa shape index (κ2) is 4.53. The summed E-state index contributed by atoms with van der Waals surface area (Å²) in [4.78, 5) is 3.64. The molecule has 4 heteroatoms. The monoisotopic (exact) mass is 164 g/mol. The summed E-state index contributed by atoms with van der Waals surface area (Å²) in [6.45, 7) is 1.70. The standard InChI is InChI=1S/C5H6Cl2N2/c1-4(9-3-6)2-5(7)8/h2-3,8H,1H3/b4-2-,8-5?,9-3?. The number of hydrogen-bond acceptors (Lipinski definition) is 2. The molecule has 0 aliphatic carbocycles. The summed E-state index contributed by atoms with van der Waals surface area (Å²) >= 11 is 10.3. The Morgan fingerprint density at radius 1 is 1.67 bits per heavy atom. The van der Waals surface area contributed by atoms with Crippen LogP contribution in [0.25, 0.3) is 0 Å². The molecule has 0 aliphatic rings. The van der Waals surface area contributed by atoms with Crippen LogP contribution in [0, 0.1) is 5.41 Å². The molecule has 0 bridgehead atoms. The zero-order valence-electron chi connectivity index (χ0n) is 4.86. The molecule has 50 valence electrons. The predicted octanol–water partition coefficient (Wildman–Crippen LogP) is 2.37. The third-order valence-electron chi connectivity index (χ3n) is 0.588. The lowest BCUT2D eigenvalue weighted by molar-refractivity contribution is 1.33. The summed E-state index contributed by atoms with van der Waals surface area (Å²) in [5, 5.41) is 6.73. The Bertz CT molecular complexity index is 160. The molecule has 0 amide bonds. The molecule has 0 aromatic carbocycles. The molecule has 0 atom stereocenters. The third kappa shape index (κ3) is 5.53. The van der Waals surface area contributed by atoms with E-state index in [2.05, 4.69) is 4.99 Å². The van der Waals surface area contributed by atoms with E-state index < -0.39 is 0 Å². The fourth-order valence-electron chi connectivity index (χ4n) is 0.298. The van der Waals surface area contributed by atoms with Crippen LogP contribution in [0.4, 0.5) is 0 Å². The summed E-state index contributed by atoms with van der Waals surface area (Å²) in [5.41, 5.74) is 1.75. The molecule has 0 fully saturated rings. The molecular formula is C5H6Cl2N2. The molecule has 0 saturated heterocycles. The fourth-order valence-corrected chi connectivity index (χ4v) is 0.609. The summed E-state index contributed by atoms with van der Waals surface area (Å²) in [7, 11) is 0. The van der Waals surface area contributed by atoms with Crippen molar-refractivity contribution in [2.45, 2.75) is 6.92 Å². The van der Waals surface area contributed by atoms with Gasteiger partial charge >= 0.3 is 0 Å². The van der Waals surface area contributed by atoms with E-state index in [9.17, 15) is 0 Å². The normalized spacial score (nSPS) is 12.6. The first kappa shape index (κ1) is 8.66. The van der Waals surface area contributed by atoms with Gasteiger partial charge in [0.2, 0.25) is 0 Å². The summed E-state index contributed by atoms with van der Waals surface area (Å²) in [6, 6.07) is 0. The third-order valence-corrected chi connectivity index (χ3v) is 0.795. The van der Waals surface area contributed by atoms with E-state index in [4.69, 9.17) is 28.6 Å². The topological polar surface area (TPSA) is 36.2 Å². The molecule has 0 saturated carbocycles. The lowest BCUT2D eigenvalue weighted by Crippen LogP contribution is -1.77. The van der Waals surface area contributed by atoms with Gasteiger partial charge in [-0.25, -0.2) is 4.99 Å². The van der Waals surface area contributed by atoms with Crippen LogP contribution in [0.1, 0.15) is 6.92 Å². The van der Waals surface area contributed by atoms with Gasteiger partial charge in [0.1, 0.15) is 5.17 Å². The van der Waals surface area contributed by atoms with Gasteiger partial charge in [-0.3, -0.25) is 5.41 Å². The summed E-state index contributed by atoms with van der Waals surface area (Å²) in [6.07, 6.45) is 1.40. The van der Waals surface area contributed by atoms with Crippen LogP contribution in [0.2, 0.25) is 0 Å². The summed E-state index contributed by atoms with van der Waals surface area (Å²) in [5.74, 6) is 0. The average Bonchev–Trinajstić information content (AvgIpc) is 1.63. The van der Waals surface area contributed by atoms with Crippen molar-refractivity contribution in [1.82, 2.24) is 0 Å². The zero-order chi connectivity index (χ0) is 7.28. The van der Waals surface area contributed by atoms with Gasteiger partial charge in [-0.05, 0) is 13.0 Å². The number of nitrogens with zero attached hydrogens (tertiary/aromatic N) is 1. The largest absolute Gasteiger partial charge is 0.289 e. The van der Waals surface area contributed by atoms with Crippen LogP contribution in [-0.2, 0) is 0 Å². The SMILES string of the molecule is C/C(=C/C(=N)Cl)N=CCl. The van der Waals surface area contributed by atoms with E-state index in [1.165, 1.54) is 6.08 Å². The Morgan fingerprint density at radius 2 is 2.22 bits per heavy atom. The number of allylic oxidation sites excluding steroid dienone is 2. The fraction of sp³-hybridized carbons (Fsp3) is 0.200. The van der Waals surface area contributed by atoms with Crippen LogP contribution in [0.5, 0.6) is 0 Å². The van der Waals surface area contributed by atoms with E-state index >= 15 is 0 Å². The first-order chi connectivity index (χ1) is 4.16. The molecule has 0 aromatic rings. The number of aliphatic imine (C=N–C) groups is 1. The molecule has 0 rings (SSSR count). The van der Waals surface area contributed by atoms with E-state index in [0.29, 0.717) is 5.70 Å². The lowest BCUT2D eigenvalue weighted by atomic mass is 10.5. The van der Waals surface area contributed by atoms with Crippen molar-refractivity contribution in [2.75, 3.05) is 0 Å². The second-order valence-electron chi connectivity index (χ2n) is 1.36. The molecule has 0 aliphatic heterocycles. The number of nitrogens with one attached hydrogen (secondary N) is 1. The Kier molecular flexibility index (Phi) is 4.36. The minimum absolute atomic E-state index is 0.0465. The van der Waals surface area contributed by atoms with Crippen LogP contribution >= 0.6 is 23.2 Å². The number of hydrogen-bond donors (Lipinski definition) is 1. The molecule has 1 N–H and O–H groups in total. The first-order valence-electron chi connectivity index (χ1n) is 2.22. The second-order valence-corrected chi connectivity index (χ2v) is 1.96. The first-order valence-corrected chi connectivity index (χ1v) is 3.03. The van der Waals surface area contributed by atoms with Gasteiger partial charge in [0.15, 0.2) is 0 Å². The maximum Gasteiger partial charge on any atom is 0.122 e. The lowest BCUT2D eigenvalue weighted by Gasteiger charge is -1.85. The van der Waals surface area contributed by atoms with Crippen molar-refractivity contribution >= 4 is 34.0 Å². The maximum atomic E-state index is 6.78. The highest BCUT2D eigenvalue weighted by Gasteiger charge is 1.83. The van der Waals surface area contributed by atoms with Gasteiger partial charge in [-0.2, -0.15) is 0 Å². The molecule has 9 heavy (non-hydrogen) atoms. The quantitative estimate of drug-likeness (QED) is 0.609. The van der Waals surface area contributed by atoms with E-state index in [1.54, 1.807) is 6.92 Å². The molecule has 0 unspecified atom stereocenters. The van der Waals surface area contributed by atoms with Gasteiger partial charge in [0.05, 0.1) is 5.67 Å². The van der Waals surface area contributed by atoms with Crippen molar-refractivity contribution in [3.63, 3.8) is 0 Å². The highest BCUT2D eigenvalue weighted by atomic mass is 35.5. The number of halogens is 2. The highest BCUT2D eigenvalue weighted by molar-refractivity contribution is 6.67. The van der Waals surface area contributed by atoms with Gasteiger partial charge in [0.25, 0.3) is 0 Å². The molecular weight excluding hydrogens is 159 g/mol. The van der Waals surface area contributed by atoms with Crippen LogP contribution in [-0.4, -0.2) is 10.8 Å². The van der Waals surface area contributed by atoms with Crippen molar-refractivity contribution in [3.8, 4) is 0 Å². The van der Waals surface area contributed by atoms with Gasteiger partial charge in [-0.15, -0.1) is 0 Å².